The Hall–Kier alpha value is -5.38. The van der Waals surface area contributed by atoms with Gasteiger partial charge in [-0.2, -0.15) is 0 Å². The van der Waals surface area contributed by atoms with E-state index in [0.717, 1.165) is 6.07 Å². The Kier molecular flexibility index (Phi) is 6.48. The third-order valence-corrected chi connectivity index (χ3v) is 9.16. The zero-order valence-electron chi connectivity index (χ0n) is 24.4. The van der Waals surface area contributed by atoms with Crippen molar-refractivity contribution in [2.45, 2.75) is 63.3 Å². The van der Waals surface area contributed by atoms with Crippen molar-refractivity contribution in [1.29, 1.82) is 0 Å². The van der Waals surface area contributed by atoms with E-state index in [0.29, 0.717) is 6.07 Å². The summed E-state index contributed by atoms with van der Waals surface area (Å²) < 4.78 is 16.5. The van der Waals surface area contributed by atoms with E-state index in [1.807, 2.05) is 0 Å². The van der Waals surface area contributed by atoms with Gasteiger partial charge in [-0.25, -0.2) is 0 Å². The Morgan fingerprint density at radius 2 is 1.40 bits per heavy atom. The fraction of sp³-hybridized carbons (Fsp3) is 0.312. The highest BCUT2D eigenvalue weighted by molar-refractivity contribution is 6.07. The van der Waals surface area contributed by atoms with Gasteiger partial charge in [-0.15, -0.1) is 0 Å². The molecule has 0 radical (unpaired) electrons. The maximum Gasteiger partial charge on any atom is 0.309 e. The van der Waals surface area contributed by atoms with E-state index in [1.165, 1.54) is 13.8 Å². The van der Waals surface area contributed by atoms with Gasteiger partial charge in [0.2, 0.25) is 0 Å². The minimum atomic E-state index is -1.78. The molecular formula is C32H24O15. The number of hydrogen-bond acceptors (Lipinski definition) is 14. The third-order valence-electron chi connectivity index (χ3n) is 9.16. The van der Waals surface area contributed by atoms with Gasteiger partial charge in [-0.3, -0.25) is 28.8 Å². The molecule has 1 saturated heterocycles. The van der Waals surface area contributed by atoms with Gasteiger partial charge in [-0.05, 0) is 26.0 Å². The summed E-state index contributed by atoms with van der Waals surface area (Å²) in [4.78, 5) is 78.1. The predicted octanol–water partition coefficient (Wildman–Crippen LogP) is 0.786. The molecular weight excluding hydrogens is 624 g/mol. The van der Waals surface area contributed by atoms with Crippen LogP contribution in [0.15, 0.2) is 31.3 Å². The third kappa shape index (κ3) is 4.03. The zero-order chi connectivity index (χ0) is 34.0. The second kappa shape index (κ2) is 10.1. The van der Waals surface area contributed by atoms with E-state index >= 15 is 0 Å². The van der Waals surface area contributed by atoms with Crippen LogP contribution >= 0.6 is 0 Å². The number of aliphatic hydroxyl groups is 1. The minimum absolute atomic E-state index is 0.181. The molecule has 15 heteroatoms. The summed E-state index contributed by atoms with van der Waals surface area (Å²) in [6, 6.07) is 1.46. The van der Waals surface area contributed by atoms with Crippen LogP contribution in [0.1, 0.15) is 73.4 Å². The fourth-order valence-electron chi connectivity index (χ4n) is 7.21. The van der Waals surface area contributed by atoms with Crippen LogP contribution < -0.4 is 21.7 Å². The molecule has 47 heavy (non-hydrogen) atoms. The van der Waals surface area contributed by atoms with Crippen LogP contribution in [0.25, 0.3) is 21.9 Å². The van der Waals surface area contributed by atoms with E-state index in [1.54, 1.807) is 0 Å². The molecule has 7 rings (SSSR count). The van der Waals surface area contributed by atoms with Gasteiger partial charge in [-0.1, -0.05) is 0 Å². The first-order valence-electron chi connectivity index (χ1n) is 14.4. The molecule has 3 aliphatic heterocycles. The number of hydrogen-bond donors (Lipinski definition) is 6. The number of benzene rings is 2. The Labute approximate surface area is 260 Å². The van der Waals surface area contributed by atoms with Crippen molar-refractivity contribution in [3.8, 4) is 34.1 Å². The van der Waals surface area contributed by atoms with Crippen LogP contribution in [0.2, 0.25) is 0 Å². The molecule has 0 unspecified atom stereocenters. The molecule has 0 spiro atoms. The fourth-order valence-corrected chi connectivity index (χ4v) is 7.21. The van der Waals surface area contributed by atoms with Crippen LogP contribution in [0.5, 0.6) is 23.0 Å². The number of carbonyl (C=O) groups excluding carboxylic acids is 1. The number of carboxylic acids is 1. The Morgan fingerprint density at radius 1 is 0.766 bits per heavy atom. The Morgan fingerprint density at radius 3 is 2.09 bits per heavy atom. The van der Waals surface area contributed by atoms with Crippen molar-refractivity contribution in [1.82, 2.24) is 0 Å². The Bertz CT molecular complexity index is 2390. The number of esters is 1. The van der Waals surface area contributed by atoms with E-state index in [2.05, 4.69) is 0 Å². The molecule has 0 amide bonds. The molecule has 3 heterocycles. The number of ether oxygens (including phenoxy) is 3. The van der Waals surface area contributed by atoms with Crippen molar-refractivity contribution in [3.05, 3.63) is 85.7 Å². The summed E-state index contributed by atoms with van der Waals surface area (Å²) in [7, 11) is 0. The van der Waals surface area contributed by atoms with E-state index in [4.69, 9.17) is 14.2 Å². The molecule has 2 aromatic carbocycles. The normalized spacial score (nSPS) is 25.0. The van der Waals surface area contributed by atoms with Crippen LogP contribution in [0.3, 0.4) is 0 Å². The number of fused-ring (bicyclic) bond motifs is 5. The lowest BCUT2D eigenvalue weighted by Gasteiger charge is -2.35. The molecule has 15 nitrogen and oxygen atoms in total. The predicted molar refractivity (Wildman–Crippen MR) is 156 cm³/mol. The second-order valence-corrected chi connectivity index (χ2v) is 11.8. The first kappa shape index (κ1) is 30.3. The minimum Gasteiger partial charge on any atom is -0.507 e. The molecule has 242 valence electrons. The number of carboxylic acid groups (broad SMARTS) is 1. The molecule has 1 fully saturated rings. The maximum atomic E-state index is 13.9. The summed E-state index contributed by atoms with van der Waals surface area (Å²) >= 11 is 0. The molecule has 2 aliphatic carbocycles. The molecule has 2 aromatic rings. The van der Waals surface area contributed by atoms with Gasteiger partial charge in [0.05, 0.1) is 57.9 Å². The number of aliphatic hydroxyl groups excluding tert-OH is 1. The lowest BCUT2D eigenvalue weighted by atomic mass is 9.85. The average Bonchev–Trinajstić information content (AvgIpc) is 3.36. The van der Waals surface area contributed by atoms with Gasteiger partial charge in [0.15, 0.2) is 27.8 Å². The lowest BCUT2D eigenvalue weighted by Crippen LogP contribution is -2.40. The van der Waals surface area contributed by atoms with E-state index in [-0.39, 0.29) is 28.7 Å². The highest BCUT2D eigenvalue weighted by Gasteiger charge is 2.46. The molecule has 6 N–H and O–H groups in total. The largest absolute Gasteiger partial charge is 0.507 e. The van der Waals surface area contributed by atoms with Crippen molar-refractivity contribution in [3.63, 3.8) is 0 Å². The van der Waals surface area contributed by atoms with E-state index < -0.39 is 132 Å². The zero-order valence-corrected chi connectivity index (χ0v) is 24.4. The first-order chi connectivity index (χ1) is 22.1. The Balaban J connectivity index is 1.51. The molecule has 5 aliphatic rings. The van der Waals surface area contributed by atoms with Crippen molar-refractivity contribution < 1.29 is 54.4 Å². The first-order valence-corrected chi connectivity index (χ1v) is 14.4. The van der Waals surface area contributed by atoms with E-state index in [9.17, 15) is 59.4 Å². The average molecular weight is 649 g/mol. The number of aromatic hydroxyl groups is 4. The molecule has 6 atom stereocenters. The molecule has 0 saturated carbocycles. The monoisotopic (exact) mass is 648 g/mol. The summed E-state index contributed by atoms with van der Waals surface area (Å²) in [5.74, 6) is -5.38. The van der Waals surface area contributed by atoms with Crippen LogP contribution in [0, 0.1) is 10.4 Å². The lowest BCUT2D eigenvalue weighted by molar-refractivity contribution is -0.148. The number of carbonyl (C=O) groups is 2. The topological polar surface area (TPSA) is 251 Å². The van der Waals surface area contributed by atoms with Crippen molar-refractivity contribution in [2.24, 2.45) is 0 Å². The van der Waals surface area contributed by atoms with Crippen LogP contribution in [-0.4, -0.2) is 54.8 Å². The van der Waals surface area contributed by atoms with Crippen molar-refractivity contribution >= 4 is 22.7 Å². The second-order valence-electron chi connectivity index (χ2n) is 11.8. The van der Waals surface area contributed by atoms with Gasteiger partial charge in [0.25, 0.3) is 0 Å². The smallest absolute Gasteiger partial charge is 0.309 e. The summed E-state index contributed by atoms with van der Waals surface area (Å²) in [5.41, 5.74) is -6.58. The highest BCUT2D eigenvalue weighted by Crippen LogP contribution is 2.56. The summed E-state index contributed by atoms with van der Waals surface area (Å²) in [6.07, 6.45) is -8.29. The van der Waals surface area contributed by atoms with Gasteiger partial charge in [0.1, 0.15) is 35.2 Å². The number of phenolic OH excluding ortho intramolecular Hbond substituents is 4. The van der Waals surface area contributed by atoms with Gasteiger partial charge >= 0.3 is 11.9 Å². The summed E-state index contributed by atoms with van der Waals surface area (Å²) in [6.45, 7) is 2.82. The number of rotatable bonds is 3. The van der Waals surface area contributed by atoms with Gasteiger partial charge in [0, 0.05) is 27.8 Å². The highest BCUT2D eigenvalue weighted by atomic mass is 16.6. The summed E-state index contributed by atoms with van der Waals surface area (Å²) in [5, 5.41) is 62.2. The molecule has 0 bridgehead atoms. The number of phenols is 4. The number of aliphatic carboxylic acids is 1. The standard InChI is InChI=1S/C32H24O15/c1-7-17-21(27(40)13(45-7)5-15(35)36)30(43)19-11(33)3-9(25(38)22(19)28(17)41)10-4-12(34)20-23(26(10)39)29(42)18-8(2)46-14-6-16(37)47-32(14)24(18)31(20)44/h3-4,7-8,13-14,27,32-33,38,40-41,43H,5-6H2,1-2H3,(H,35,36)/t7-,8-,13-,14-,27+,32+/m1/s1. The van der Waals surface area contributed by atoms with Gasteiger partial charge < -0.3 is 44.8 Å². The van der Waals surface area contributed by atoms with Crippen molar-refractivity contribution in [2.75, 3.05) is 0 Å². The van der Waals surface area contributed by atoms with Crippen LogP contribution in [-0.2, 0) is 23.8 Å². The quantitative estimate of drug-likeness (QED) is 0.133. The van der Waals surface area contributed by atoms with Crippen LogP contribution in [0.4, 0.5) is 0 Å². The SMILES string of the molecule is C[C@H]1O[C@H](CC(=O)O)[C@H](O)c2c1c(O)c1c(O)c(-c3cc(=O)c4c(=O)c5c(c(=O)c=4c3=O)[C@@H](C)O[C@@H]3CC(=O)O[C@H]53)cc(O)c1c2O. The maximum absolute atomic E-state index is 13.9. The molecule has 0 aromatic heterocycles.